The Morgan fingerprint density at radius 2 is 2.15 bits per heavy atom. The van der Waals surface area contributed by atoms with E-state index >= 15 is 0 Å². The number of hydrogen-bond acceptors (Lipinski definition) is 4. The molecule has 0 radical (unpaired) electrons. The van der Waals surface area contributed by atoms with Crippen LogP contribution in [0.1, 0.15) is 25.8 Å². The zero-order valence-corrected chi connectivity index (χ0v) is 13.0. The Morgan fingerprint density at radius 1 is 1.40 bits per heavy atom. The Bertz CT molecular complexity index is 512. The van der Waals surface area contributed by atoms with E-state index in [1.165, 1.54) is 4.31 Å². The molecule has 0 aliphatic rings. The number of nitrogens with one attached hydrogen (secondary N) is 1. The molecule has 0 bridgehead atoms. The molecule has 0 aromatic carbocycles. The number of pyridine rings is 1. The van der Waals surface area contributed by atoms with Crippen molar-refractivity contribution < 1.29 is 8.42 Å². The lowest BCUT2D eigenvalue weighted by Gasteiger charge is -2.18. The van der Waals surface area contributed by atoms with Crippen LogP contribution in [0.2, 0.25) is 0 Å². The summed E-state index contributed by atoms with van der Waals surface area (Å²) < 4.78 is 26.0. The van der Waals surface area contributed by atoms with Gasteiger partial charge in [-0.15, -0.1) is 6.58 Å². The van der Waals surface area contributed by atoms with E-state index < -0.39 is 10.0 Å². The Hall–Kier alpha value is -1.24. The van der Waals surface area contributed by atoms with E-state index in [2.05, 4.69) is 23.8 Å². The fraction of sp³-hybridized carbons (Fsp3) is 0.500. The smallest absolute Gasteiger partial charge is 0.260 e. The van der Waals surface area contributed by atoms with Crippen molar-refractivity contribution in [3.63, 3.8) is 0 Å². The molecule has 0 aliphatic heterocycles. The lowest BCUT2D eigenvalue weighted by atomic mass is 10.3. The number of aromatic nitrogens is 1. The number of hydrogen-bond donors (Lipinski definition) is 1. The maximum absolute atomic E-state index is 12.3. The zero-order chi connectivity index (χ0) is 15.0. The van der Waals surface area contributed by atoms with Crippen LogP contribution in [0, 0.1) is 0 Å². The summed E-state index contributed by atoms with van der Waals surface area (Å²) in [6.07, 6.45) is 4.24. The lowest BCUT2D eigenvalue weighted by molar-refractivity contribution is 0.457. The summed E-state index contributed by atoms with van der Waals surface area (Å²) in [4.78, 5) is 4.08. The van der Waals surface area contributed by atoms with Crippen LogP contribution in [0.15, 0.2) is 36.0 Å². The van der Waals surface area contributed by atoms with Gasteiger partial charge in [0, 0.05) is 25.8 Å². The second-order valence-corrected chi connectivity index (χ2v) is 6.31. The van der Waals surface area contributed by atoms with Gasteiger partial charge in [0.1, 0.15) is 0 Å². The SMILES string of the molecule is C=CCN(CC)S(=O)(=O)c1ccc(CNCCC)cn1. The Labute approximate surface area is 121 Å². The monoisotopic (exact) mass is 297 g/mol. The molecule has 20 heavy (non-hydrogen) atoms. The Kier molecular flexibility index (Phi) is 6.84. The lowest BCUT2D eigenvalue weighted by Crippen LogP contribution is -2.31. The molecule has 0 fully saturated rings. The first kappa shape index (κ1) is 16.8. The maximum Gasteiger partial charge on any atom is 0.260 e. The molecular formula is C14H23N3O2S. The van der Waals surface area contributed by atoms with Gasteiger partial charge in [-0.05, 0) is 24.6 Å². The summed E-state index contributed by atoms with van der Waals surface area (Å²) in [5.41, 5.74) is 0.976. The second kappa shape index (κ2) is 8.14. The van der Waals surface area contributed by atoms with E-state index in [1.807, 2.05) is 0 Å². The van der Waals surface area contributed by atoms with Gasteiger partial charge >= 0.3 is 0 Å². The van der Waals surface area contributed by atoms with Crippen molar-refractivity contribution in [3.8, 4) is 0 Å². The van der Waals surface area contributed by atoms with Crippen molar-refractivity contribution >= 4 is 10.0 Å². The molecule has 6 heteroatoms. The first-order valence-electron chi connectivity index (χ1n) is 6.83. The van der Waals surface area contributed by atoms with E-state index in [9.17, 15) is 8.42 Å². The van der Waals surface area contributed by atoms with Crippen LogP contribution < -0.4 is 5.32 Å². The third-order valence-corrected chi connectivity index (χ3v) is 4.70. The molecular weight excluding hydrogens is 274 g/mol. The number of likely N-dealkylation sites (N-methyl/N-ethyl adjacent to an activating group) is 1. The van der Waals surface area contributed by atoms with E-state index in [-0.39, 0.29) is 5.03 Å². The average molecular weight is 297 g/mol. The van der Waals surface area contributed by atoms with Gasteiger partial charge in [-0.1, -0.05) is 26.0 Å². The maximum atomic E-state index is 12.3. The Balaban J connectivity index is 2.83. The second-order valence-electron chi connectivity index (χ2n) is 4.43. The van der Waals surface area contributed by atoms with Gasteiger partial charge in [0.15, 0.2) is 5.03 Å². The van der Waals surface area contributed by atoms with Gasteiger partial charge in [0.05, 0.1) is 0 Å². The van der Waals surface area contributed by atoms with E-state index in [1.54, 1.807) is 31.3 Å². The minimum Gasteiger partial charge on any atom is -0.313 e. The summed E-state index contributed by atoms with van der Waals surface area (Å²) in [6, 6.07) is 3.36. The predicted octanol–water partition coefficient (Wildman–Crippen LogP) is 1.78. The largest absolute Gasteiger partial charge is 0.313 e. The van der Waals surface area contributed by atoms with Crippen molar-refractivity contribution in [2.75, 3.05) is 19.6 Å². The molecule has 1 N–H and O–H groups in total. The molecule has 112 valence electrons. The topological polar surface area (TPSA) is 62.3 Å². The van der Waals surface area contributed by atoms with Crippen LogP contribution in [0.3, 0.4) is 0 Å². The highest BCUT2D eigenvalue weighted by Gasteiger charge is 2.23. The fourth-order valence-corrected chi connectivity index (χ4v) is 3.08. The van der Waals surface area contributed by atoms with Gasteiger partial charge in [0.2, 0.25) is 0 Å². The standard InChI is InChI=1S/C14H23N3O2S/c1-4-9-15-11-13-7-8-14(16-12-13)20(18,19)17(6-3)10-5-2/h5,7-8,12,15H,2,4,6,9-11H2,1,3H3. The van der Waals surface area contributed by atoms with E-state index in [4.69, 9.17) is 0 Å². The van der Waals surface area contributed by atoms with Crippen LogP contribution in [-0.4, -0.2) is 37.3 Å². The molecule has 5 nitrogen and oxygen atoms in total. The third kappa shape index (κ3) is 4.40. The quantitative estimate of drug-likeness (QED) is 0.557. The minimum atomic E-state index is -3.52. The summed E-state index contributed by atoms with van der Waals surface area (Å²) in [5, 5.41) is 3.33. The first-order chi connectivity index (χ1) is 9.56. The molecule has 0 atom stereocenters. The summed E-state index contributed by atoms with van der Waals surface area (Å²) in [6.45, 7) is 9.79. The molecule has 0 saturated carbocycles. The highest BCUT2D eigenvalue weighted by Crippen LogP contribution is 2.13. The minimum absolute atomic E-state index is 0.0837. The van der Waals surface area contributed by atoms with Crippen molar-refractivity contribution in [3.05, 3.63) is 36.5 Å². The molecule has 1 rings (SSSR count). The molecule has 0 spiro atoms. The van der Waals surface area contributed by atoms with Crippen LogP contribution in [0.4, 0.5) is 0 Å². The summed E-state index contributed by atoms with van der Waals surface area (Å²) in [5.74, 6) is 0. The number of sulfonamides is 1. The highest BCUT2D eigenvalue weighted by molar-refractivity contribution is 7.89. The average Bonchev–Trinajstić information content (AvgIpc) is 2.45. The molecule has 0 unspecified atom stereocenters. The normalized spacial score (nSPS) is 11.8. The van der Waals surface area contributed by atoms with Crippen molar-refractivity contribution in [2.24, 2.45) is 0 Å². The Morgan fingerprint density at radius 3 is 2.65 bits per heavy atom. The molecule has 0 amide bonds. The molecule has 0 aliphatic carbocycles. The first-order valence-corrected chi connectivity index (χ1v) is 8.27. The van der Waals surface area contributed by atoms with Gasteiger partial charge < -0.3 is 5.32 Å². The van der Waals surface area contributed by atoms with Crippen LogP contribution in [0.25, 0.3) is 0 Å². The van der Waals surface area contributed by atoms with Crippen LogP contribution >= 0.6 is 0 Å². The highest BCUT2D eigenvalue weighted by atomic mass is 32.2. The van der Waals surface area contributed by atoms with Crippen molar-refractivity contribution in [1.82, 2.24) is 14.6 Å². The molecule has 0 saturated heterocycles. The third-order valence-electron chi connectivity index (χ3n) is 2.84. The number of nitrogens with zero attached hydrogens (tertiary/aromatic N) is 2. The molecule has 1 aromatic heterocycles. The summed E-state index contributed by atoms with van der Waals surface area (Å²) >= 11 is 0. The van der Waals surface area contributed by atoms with Gasteiger partial charge in [-0.2, -0.15) is 4.31 Å². The van der Waals surface area contributed by atoms with Crippen molar-refractivity contribution in [1.29, 1.82) is 0 Å². The van der Waals surface area contributed by atoms with Gasteiger partial charge in [-0.3, -0.25) is 0 Å². The van der Waals surface area contributed by atoms with Crippen LogP contribution in [-0.2, 0) is 16.6 Å². The predicted molar refractivity (Wildman–Crippen MR) is 80.9 cm³/mol. The van der Waals surface area contributed by atoms with Gasteiger partial charge in [-0.25, -0.2) is 13.4 Å². The van der Waals surface area contributed by atoms with Crippen molar-refractivity contribution in [2.45, 2.75) is 31.8 Å². The fourth-order valence-electron chi connectivity index (χ4n) is 1.75. The summed E-state index contributed by atoms with van der Waals surface area (Å²) in [7, 11) is -3.52. The van der Waals surface area contributed by atoms with E-state index in [0.717, 1.165) is 18.5 Å². The molecule has 1 heterocycles. The van der Waals surface area contributed by atoms with E-state index in [0.29, 0.717) is 19.6 Å². The van der Waals surface area contributed by atoms with Gasteiger partial charge in [0.25, 0.3) is 10.0 Å². The van der Waals surface area contributed by atoms with Crippen LogP contribution in [0.5, 0.6) is 0 Å². The zero-order valence-electron chi connectivity index (χ0n) is 12.2. The molecule has 1 aromatic rings. The number of rotatable bonds is 9.